The molecule has 2 fully saturated rings. The zero-order chi connectivity index (χ0) is 13.1. The van der Waals surface area contributed by atoms with E-state index in [1.54, 1.807) is 6.20 Å². The molecular formula is C14H20N3O2. The van der Waals surface area contributed by atoms with Gasteiger partial charge in [-0.2, -0.15) is 4.98 Å². The molecule has 0 N–H and O–H groups in total. The number of morpholine rings is 1. The second-order valence-electron chi connectivity index (χ2n) is 5.44. The van der Waals surface area contributed by atoms with Gasteiger partial charge in [0.2, 0.25) is 11.8 Å². The Labute approximate surface area is 113 Å². The van der Waals surface area contributed by atoms with Crippen molar-refractivity contribution in [3.8, 4) is 5.88 Å². The lowest BCUT2D eigenvalue weighted by atomic mass is 9.71. The standard InChI is InChI=1S/C14H20N3O2/c1-14(4-2-5-14)11-19-12-3-6-15-13(16-12)17-7-9-18-10-8-17/h3,6H,1-2,4-5,7-11H2. The van der Waals surface area contributed by atoms with Crippen LogP contribution in [0.2, 0.25) is 0 Å². The Kier molecular flexibility index (Phi) is 3.55. The number of aromatic nitrogens is 2. The van der Waals surface area contributed by atoms with Crippen LogP contribution in [0.1, 0.15) is 19.3 Å². The summed E-state index contributed by atoms with van der Waals surface area (Å²) in [5.41, 5.74) is 0.101. The molecule has 1 radical (unpaired) electrons. The summed E-state index contributed by atoms with van der Waals surface area (Å²) in [7, 11) is 0. The Morgan fingerprint density at radius 2 is 2.16 bits per heavy atom. The molecule has 0 unspecified atom stereocenters. The molecule has 0 spiro atoms. The maximum absolute atomic E-state index is 5.77. The summed E-state index contributed by atoms with van der Waals surface area (Å²) in [6, 6.07) is 1.81. The average Bonchev–Trinajstić information content (AvgIpc) is 2.44. The van der Waals surface area contributed by atoms with Gasteiger partial charge in [-0.25, -0.2) is 4.98 Å². The van der Waals surface area contributed by atoms with E-state index in [1.165, 1.54) is 6.42 Å². The average molecular weight is 262 g/mol. The number of hydrogen-bond acceptors (Lipinski definition) is 5. The first-order valence-corrected chi connectivity index (χ1v) is 6.89. The summed E-state index contributed by atoms with van der Waals surface area (Å²) < 4.78 is 11.1. The molecule has 5 nitrogen and oxygen atoms in total. The second-order valence-corrected chi connectivity index (χ2v) is 5.44. The van der Waals surface area contributed by atoms with Crippen LogP contribution in [0, 0.1) is 12.3 Å². The van der Waals surface area contributed by atoms with Gasteiger partial charge in [-0.15, -0.1) is 0 Å². The predicted molar refractivity (Wildman–Crippen MR) is 72.2 cm³/mol. The highest BCUT2D eigenvalue weighted by atomic mass is 16.5. The zero-order valence-corrected chi connectivity index (χ0v) is 11.2. The molecule has 0 atom stereocenters. The lowest BCUT2D eigenvalue weighted by Crippen LogP contribution is -2.37. The van der Waals surface area contributed by atoms with E-state index in [0.29, 0.717) is 12.5 Å². The molecule has 103 valence electrons. The van der Waals surface area contributed by atoms with Crippen molar-refractivity contribution in [1.82, 2.24) is 9.97 Å². The molecule has 1 saturated carbocycles. The molecule has 1 aromatic rings. The normalized spacial score (nSPS) is 21.8. The van der Waals surface area contributed by atoms with Gasteiger partial charge in [0.15, 0.2) is 0 Å². The highest BCUT2D eigenvalue weighted by molar-refractivity contribution is 5.32. The van der Waals surface area contributed by atoms with Crippen LogP contribution >= 0.6 is 0 Å². The summed E-state index contributed by atoms with van der Waals surface area (Å²) >= 11 is 0. The lowest BCUT2D eigenvalue weighted by Gasteiger charge is -2.37. The third kappa shape index (κ3) is 2.97. The number of hydrogen-bond donors (Lipinski definition) is 0. The molecular weight excluding hydrogens is 242 g/mol. The summed E-state index contributed by atoms with van der Waals surface area (Å²) in [6.45, 7) is 7.99. The van der Waals surface area contributed by atoms with Gasteiger partial charge in [-0.05, 0) is 19.8 Å². The molecule has 0 amide bonds. The maximum Gasteiger partial charge on any atom is 0.228 e. The number of anilines is 1. The van der Waals surface area contributed by atoms with Crippen LogP contribution in [-0.2, 0) is 4.74 Å². The van der Waals surface area contributed by atoms with Gasteiger partial charge in [0.1, 0.15) is 0 Å². The largest absolute Gasteiger partial charge is 0.477 e. The van der Waals surface area contributed by atoms with Crippen molar-refractivity contribution in [1.29, 1.82) is 0 Å². The molecule has 2 aliphatic rings. The third-order valence-electron chi connectivity index (χ3n) is 3.85. The van der Waals surface area contributed by atoms with Crippen LogP contribution in [0.3, 0.4) is 0 Å². The minimum Gasteiger partial charge on any atom is -0.477 e. The summed E-state index contributed by atoms with van der Waals surface area (Å²) in [5, 5.41) is 0. The minimum atomic E-state index is 0.101. The van der Waals surface area contributed by atoms with E-state index in [4.69, 9.17) is 9.47 Å². The van der Waals surface area contributed by atoms with E-state index in [-0.39, 0.29) is 5.41 Å². The molecule has 0 aromatic carbocycles. The van der Waals surface area contributed by atoms with Gasteiger partial charge in [0.05, 0.1) is 19.8 Å². The van der Waals surface area contributed by atoms with Crippen molar-refractivity contribution in [3.05, 3.63) is 19.2 Å². The fraction of sp³-hybridized carbons (Fsp3) is 0.643. The van der Waals surface area contributed by atoms with Crippen LogP contribution in [-0.4, -0.2) is 42.9 Å². The van der Waals surface area contributed by atoms with Crippen molar-refractivity contribution in [2.75, 3.05) is 37.8 Å². The fourth-order valence-corrected chi connectivity index (χ4v) is 2.38. The monoisotopic (exact) mass is 262 g/mol. The Morgan fingerprint density at radius 1 is 1.37 bits per heavy atom. The highest BCUT2D eigenvalue weighted by Crippen LogP contribution is 2.39. The quantitative estimate of drug-likeness (QED) is 0.826. The van der Waals surface area contributed by atoms with Gasteiger partial charge in [0.25, 0.3) is 0 Å². The Balaban J connectivity index is 1.62. The number of ether oxygens (including phenoxy) is 2. The van der Waals surface area contributed by atoms with Gasteiger partial charge >= 0.3 is 0 Å². The van der Waals surface area contributed by atoms with E-state index < -0.39 is 0 Å². The van der Waals surface area contributed by atoms with Gasteiger partial charge in [-0.3, -0.25) is 0 Å². The molecule has 3 rings (SSSR count). The third-order valence-corrected chi connectivity index (χ3v) is 3.85. The van der Waals surface area contributed by atoms with E-state index in [0.717, 1.165) is 45.1 Å². The van der Waals surface area contributed by atoms with Crippen LogP contribution < -0.4 is 9.64 Å². The first kappa shape index (κ1) is 12.7. The maximum atomic E-state index is 5.77. The topological polar surface area (TPSA) is 47.5 Å². The first-order valence-electron chi connectivity index (χ1n) is 6.89. The minimum absolute atomic E-state index is 0.101. The van der Waals surface area contributed by atoms with Crippen molar-refractivity contribution < 1.29 is 9.47 Å². The van der Waals surface area contributed by atoms with Crippen LogP contribution in [0.25, 0.3) is 0 Å². The first-order chi connectivity index (χ1) is 9.25. The SMILES string of the molecule is [CH2]C1(COc2ccnc(N3CCOCC3)n2)CCC1. The summed E-state index contributed by atoms with van der Waals surface area (Å²) in [6.07, 6.45) is 5.31. The highest BCUT2D eigenvalue weighted by Gasteiger charge is 2.32. The Bertz CT molecular complexity index is 428. The van der Waals surface area contributed by atoms with Crippen molar-refractivity contribution in [3.63, 3.8) is 0 Å². The molecule has 1 aliphatic carbocycles. The fourth-order valence-electron chi connectivity index (χ4n) is 2.38. The smallest absolute Gasteiger partial charge is 0.228 e. The van der Waals surface area contributed by atoms with Crippen molar-refractivity contribution in [2.24, 2.45) is 5.41 Å². The van der Waals surface area contributed by atoms with Gasteiger partial charge in [0, 0.05) is 30.8 Å². The second kappa shape index (κ2) is 5.33. The molecule has 1 aliphatic heterocycles. The predicted octanol–water partition coefficient (Wildman–Crippen LogP) is 1.70. The van der Waals surface area contributed by atoms with E-state index >= 15 is 0 Å². The number of nitrogens with zero attached hydrogens (tertiary/aromatic N) is 3. The van der Waals surface area contributed by atoms with E-state index in [9.17, 15) is 0 Å². The van der Waals surface area contributed by atoms with Gasteiger partial charge < -0.3 is 14.4 Å². The van der Waals surface area contributed by atoms with Crippen LogP contribution in [0.15, 0.2) is 12.3 Å². The summed E-state index contributed by atoms with van der Waals surface area (Å²) in [4.78, 5) is 10.9. The molecule has 2 heterocycles. The number of rotatable bonds is 4. The Hall–Kier alpha value is -1.36. The molecule has 1 aromatic heterocycles. The van der Waals surface area contributed by atoms with Crippen LogP contribution in [0.4, 0.5) is 5.95 Å². The van der Waals surface area contributed by atoms with Gasteiger partial charge in [-0.1, -0.05) is 6.42 Å². The lowest BCUT2D eigenvalue weighted by molar-refractivity contribution is 0.101. The van der Waals surface area contributed by atoms with Crippen molar-refractivity contribution >= 4 is 5.95 Å². The zero-order valence-electron chi connectivity index (χ0n) is 11.2. The molecule has 0 bridgehead atoms. The van der Waals surface area contributed by atoms with Crippen LogP contribution in [0.5, 0.6) is 5.88 Å². The van der Waals surface area contributed by atoms with E-state index in [1.807, 2.05) is 6.07 Å². The molecule has 5 heteroatoms. The molecule has 19 heavy (non-hydrogen) atoms. The van der Waals surface area contributed by atoms with Crippen molar-refractivity contribution in [2.45, 2.75) is 19.3 Å². The summed E-state index contributed by atoms with van der Waals surface area (Å²) in [5.74, 6) is 1.37. The van der Waals surface area contributed by atoms with E-state index in [2.05, 4.69) is 21.8 Å². The Morgan fingerprint density at radius 3 is 2.84 bits per heavy atom. The molecule has 1 saturated heterocycles.